The van der Waals surface area contributed by atoms with Crippen LogP contribution in [0.25, 0.3) is 11.1 Å². The fraction of sp³-hybridized carbons (Fsp3) is 0.143. The molecule has 2 N–H and O–H groups in total. The normalized spacial score (nSPS) is 12.8. The van der Waals surface area contributed by atoms with E-state index in [0.29, 0.717) is 5.46 Å². The van der Waals surface area contributed by atoms with Gasteiger partial charge in [0.15, 0.2) is 0 Å². The predicted octanol–water partition coefficient (Wildman–Crippen LogP) is 1.13. The van der Waals surface area contributed by atoms with Gasteiger partial charge in [-0.3, -0.25) is 0 Å². The Hall–Kier alpha value is -1.58. The summed E-state index contributed by atoms with van der Waals surface area (Å²) in [6, 6.07) is 14.0. The molecule has 0 amide bonds. The second-order valence-corrected chi connectivity index (χ2v) is 4.40. The first kappa shape index (κ1) is 10.6. The van der Waals surface area contributed by atoms with Gasteiger partial charge in [-0.1, -0.05) is 42.5 Å². The van der Waals surface area contributed by atoms with Crippen molar-refractivity contribution < 1.29 is 10.0 Å². The molecule has 0 radical (unpaired) electrons. The molecule has 17 heavy (non-hydrogen) atoms. The Morgan fingerprint density at radius 1 is 0.824 bits per heavy atom. The van der Waals surface area contributed by atoms with Crippen LogP contribution in [0.5, 0.6) is 0 Å². The number of hydrogen-bond donors (Lipinski definition) is 2. The zero-order chi connectivity index (χ0) is 11.8. The summed E-state index contributed by atoms with van der Waals surface area (Å²) in [7, 11) is -1.38. The van der Waals surface area contributed by atoms with Crippen LogP contribution in [0.4, 0.5) is 0 Å². The molecule has 0 saturated carbocycles. The third-order valence-corrected chi connectivity index (χ3v) is 3.44. The van der Waals surface area contributed by atoms with Gasteiger partial charge >= 0.3 is 7.12 Å². The molecule has 0 saturated heterocycles. The maximum absolute atomic E-state index is 9.38. The van der Waals surface area contributed by atoms with E-state index in [9.17, 15) is 10.0 Å². The lowest BCUT2D eigenvalue weighted by atomic mass is 9.71. The molecule has 1 aliphatic carbocycles. The third-order valence-electron chi connectivity index (χ3n) is 3.44. The molecule has 84 valence electrons. The maximum atomic E-state index is 9.38. The van der Waals surface area contributed by atoms with Gasteiger partial charge in [-0.25, -0.2) is 0 Å². The molecule has 3 heteroatoms. The lowest BCUT2D eigenvalue weighted by Gasteiger charge is -2.22. The zero-order valence-corrected chi connectivity index (χ0v) is 9.43. The van der Waals surface area contributed by atoms with E-state index in [1.54, 1.807) is 6.07 Å². The lowest BCUT2D eigenvalue weighted by molar-refractivity contribution is 0.425. The summed E-state index contributed by atoms with van der Waals surface area (Å²) in [5, 5.41) is 18.8. The molecular weight excluding hydrogens is 211 g/mol. The Morgan fingerprint density at radius 2 is 1.59 bits per heavy atom. The van der Waals surface area contributed by atoms with Gasteiger partial charge in [0.05, 0.1) is 0 Å². The van der Waals surface area contributed by atoms with E-state index in [-0.39, 0.29) is 0 Å². The van der Waals surface area contributed by atoms with Crippen molar-refractivity contribution in [3.05, 3.63) is 53.6 Å². The van der Waals surface area contributed by atoms with Crippen molar-refractivity contribution in [2.75, 3.05) is 0 Å². The van der Waals surface area contributed by atoms with Crippen molar-refractivity contribution in [1.82, 2.24) is 0 Å². The Bertz CT molecular complexity index is 564. The van der Waals surface area contributed by atoms with E-state index in [4.69, 9.17) is 0 Å². The van der Waals surface area contributed by atoms with Gasteiger partial charge in [-0.05, 0) is 40.6 Å². The first-order valence-electron chi connectivity index (χ1n) is 5.83. The second kappa shape index (κ2) is 4.02. The molecule has 2 aromatic rings. The lowest BCUT2D eigenvalue weighted by Crippen LogP contribution is -2.34. The number of hydrogen-bond acceptors (Lipinski definition) is 2. The van der Waals surface area contributed by atoms with E-state index < -0.39 is 7.12 Å². The van der Waals surface area contributed by atoms with Gasteiger partial charge in [-0.15, -0.1) is 0 Å². The molecule has 0 aliphatic heterocycles. The van der Waals surface area contributed by atoms with E-state index in [1.165, 1.54) is 11.1 Å². The Balaban J connectivity index is 2.24. The van der Waals surface area contributed by atoms with Crippen molar-refractivity contribution >= 4 is 12.6 Å². The van der Waals surface area contributed by atoms with Crippen LogP contribution in [-0.2, 0) is 12.8 Å². The van der Waals surface area contributed by atoms with Gasteiger partial charge < -0.3 is 10.0 Å². The Labute approximate surface area is 101 Å². The SMILES string of the molecule is OB(O)c1cccc2c1CCc1ccccc1-2. The molecule has 0 unspecified atom stereocenters. The van der Waals surface area contributed by atoms with Crippen molar-refractivity contribution in [2.45, 2.75) is 12.8 Å². The molecule has 2 nitrogen and oxygen atoms in total. The van der Waals surface area contributed by atoms with Gasteiger partial charge in [0.1, 0.15) is 0 Å². The second-order valence-electron chi connectivity index (χ2n) is 4.40. The average Bonchev–Trinajstić information content (AvgIpc) is 2.37. The largest absolute Gasteiger partial charge is 0.488 e. The minimum absolute atomic E-state index is 0.636. The number of rotatable bonds is 1. The molecule has 1 aliphatic rings. The van der Waals surface area contributed by atoms with Gasteiger partial charge in [0.25, 0.3) is 0 Å². The van der Waals surface area contributed by atoms with E-state index in [1.807, 2.05) is 12.1 Å². The van der Waals surface area contributed by atoms with Crippen molar-refractivity contribution in [3.8, 4) is 11.1 Å². The van der Waals surface area contributed by atoms with Gasteiger partial charge in [0.2, 0.25) is 0 Å². The minimum Gasteiger partial charge on any atom is -0.423 e. The Morgan fingerprint density at radius 3 is 2.41 bits per heavy atom. The summed E-state index contributed by atoms with van der Waals surface area (Å²) < 4.78 is 0. The standard InChI is InChI=1S/C14H13BO2/c16-15(17)14-7-3-6-12-11-5-2-1-4-10(11)8-9-13(12)14/h1-7,16-17H,8-9H2. The molecule has 2 aromatic carbocycles. The molecule has 0 fully saturated rings. The van der Waals surface area contributed by atoms with Crippen LogP contribution in [0.1, 0.15) is 11.1 Å². The van der Waals surface area contributed by atoms with Crippen LogP contribution in [0.3, 0.4) is 0 Å². The molecule has 3 rings (SSSR count). The monoisotopic (exact) mass is 224 g/mol. The van der Waals surface area contributed by atoms with Crippen LogP contribution in [0, 0.1) is 0 Å². The minimum atomic E-state index is -1.38. The summed E-state index contributed by atoms with van der Waals surface area (Å²) >= 11 is 0. The summed E-state index contributed by atoms with van der Waals surface area (Å²) in [5.41, 5.74) is 5.40. The molecule has 0 heterocycles. The predicted molar refractivity (Wildman–Crippen MR) is 69.1 cm³/mol. The van der Waals surface area contributed by atoms with Gasteiger partial charge in [-0.2, -0.15) is 0 Å². The fourth-order valence-corrected chi connectivity index (χ4v) is 2.64. The van der Waals surface area contributed by atoms with Crippen molar-refractivity contribution in [1.29, 1.82) is 0 Å². The molecule has 0 atom stereocenters. The summed E-state index contributed by atoms with van der Waals surface area (Å²) in [4.78, 5) is 0. The quantitative estimate of drug-likeness (QED) is 0.713. The highest BCUT2D eigenvalue weighted by atomic mass is 16.4. The molecular formula is C14H13BO2. The highest BCUT2D eigenvalue weighted by Crippen LogP contribution is 2.32. The Kier molecular flexibility index (Phi) is 2.50. The average molecular weight is 224 g/mol. The fourth-order valence-electron chi connectivity index (χ4n) is 2.64. The molecule has 0 bridgehead atoms. The smallest absolute Gasteiger partial charge is 0.423 e. The van der Waals surface area contributed by atoms with Crippen LogP contribution in [-0.4, -0.2) is 17.2 Å². The van der Waals surface area contributed by atoms with Crippen LogP contribution in [0.15, 0.2) is 42.5 Å². The summed E-state index contributed by atoms with van der Waals surface area (Å²) in [5.74, 6) is 0. The third kappa shape index (κ3) is 1.68. The summed E-state index contributed by atoms with van der Waals surface area (Å²) in [6.45, 7) is 0. The van der Waals surface area contributed by atoms with E-state index in [0.717, 1.165) is 24.0 Å². The first-order chi connectivity index (χ1) is 8.27. The van der Waals surface area contributed by atoms with E-state index in [2.05, 4.69) is 24.3 Å². The van der Waals surface area contributed by atoms with Crippen LogP contribution in [0.2, 0.25) is 0 Å². The topological polar surface area (TPSA) is 40.5 Å². The highest BCUT2D eigenvalue weighted by molar-refractivity contribution is 6.59. The highest BCUT2D eigenvalue weighted by Gasteiger charge is 2.22. The zero-order valence-electron chi connectivity index (χ0n) is 9.43. The number of aryl methyl sites for hydroxylation is 1. The molecule has 0 aromatic heterocycles. The van der Waals surface area contributed by atoms with Crippen molar-refractivity contribution in [2.24, 2.45) is 0 Å². The van der Waals surface area contributed by atoms with Crippen LogP contribution < -0.4 is 5.46 Å². The number of fused-ring (bicyclic) bond motifs is 3. The van der Waals surface area contributed by atoms with E-state index >= 15 is 0 Å². The van der Waals surface area contributed by atoms with Crippen LogP contribution >= 0.6 is 0 Å². The number of benzene rings is 2. The summed E-state index contributed by atoms with van der Waals surface area (Å²) in [6.07, 6.45) is 1.84. The van der Waals surface area contributed by atoms with Crippen molar-refractivity contribution in [3.63, 3.8) is 0 Å². The maximum Gasteiger partial charge on any atom is 0.488 e. The van der Waals surface area contributed by atoms with Gasteiger partial charge in [0, 0.05) is 0 Å². The molecule has 0 spiro atoms. The first-order valence-corrected chi connectivity index (χ1v) is 5.83.